The summed E-state index contributed by atoms with van der Waals surface area (Å²) >= 11 is 0. The molecule has 2 heteroatoms. The van der Waals surface area contributed by atoms with Gasteiger partial charge in [0.15, 0.2) is 0 Å². The fourth-order valence-corrected chi connectivity index (χ4v) is 12.1. The molecule has 0 bridgehead atoms. The minimum Gasteiger partial charge on any atom is -0.0701 e. The van der Waals surface area contributed by atoms with Gasteiger partial charge in [0, 0.05) is 0 Å². The summed E-state index contributed by atoms with van der Waals surface area (Å²) in [6, 6.07) is 54.1. The third-order valence-corrected chi connectivity index (χ3v) is 14.1. The van der Waals surface area contributed by atoms with Crippen molar-refractivity contribution < 1.29 is 0 Å². The van der Waals surface area contributed by atoms with Crippen LogP contribution in [0.1, 0.15) is 45.1 Å². The number of allylic oxidation sites excluding steroid dienone is 2. The molecule has 0 heterocycles. The summed E-state index contributed by atoms with van der Waals surface area (Å²) in [4.78, 5) is 0. The predicted molar refractivity (Wildman–Crippen MR) is 192 cm³/mol. The first-order chi connectivity index (χ1) is 21.2. The van der Waals surface area contributed by atoms with Crippen molar-refractivity contribution in [1.82, 2.24) is 0 Å². The zero-order valence-electron chi connectivity index (χ0n) is 25.4. The summed E-state index contributed by atoms with van der Waals surface area (Å²) in [6.45, 7) is 4.99. The first-order valence-electron chi connectivity index (χ1n) is 15.8. The van der Waals surface area contributed by atoms with Crippen molar-refractivity contribution in [2.45, 2.75) is 51.6 Å². The third kappa shape index (κ3) is 7.10. The fraction of sp³-hybridized carbons (Fsp3) is 0.220. The molecular formula is C41H42P2. The van der Waals surface area contributed by atoms with E-state index >= 15 is 0 Å². The second-order valence-corrected chi connectivity index (χ2v) is 16.7. The first kappa shape index (κ1) is 29.8. The molecule has 0 saturated carbocycles. The molecule has 0 saturated heterocycles. The van der Waals surface area contributed by atoms with E-state index in [9.17, 15) is 0 Å². The lowest BCUT2D eigenvalue weighted by Crippen LogP contribution is -2.24. The molecule has 0 aromatic heterocycles. The molecule has 0 fully saturated rings. The maximum atomic E-state index is 2.50. The zero-order chi connectivity index (χ0) is 29.4. The molecule has 0 radical (unpaired) electrons. The minimum atomic E-state index is -0.608. The smallest absolute Gasteiger partial charge is 0.0119 e. The van der Waals surface area contributed by atoms with Crippen LogP contribution >= 0.6 is 15.8 Å². The van der Waals surface area contributed by atoms with Crippen molar-refractivity contribution in [3.8, 4) is 0 Å². The Labute approximate surface area is 261 Å². The van der Waals surface area contributed by atoms with E-state index in [-0.39, 0.29) is 0 Å². The Morgan fingerprint density at radius 1 is 0.512 bits per heavy atom. The molecule has 0 N–H and O–H groups in total. The lowest BCUT2D eigenvalue weighted by Gasteiger charge is -2.28. The van der Waals surface area contributed by atoms with Gasteiger partial charge in [-0.2, -0.15) is 0 Å². The van der Waals surface area contributed by atoms with Gasteiger partial charge in [-0.1, -0.05) is 171 Å². The molecule has 216 valence electrons. The second-order valence-electron chi connectivity index (χ2n) is 11.8. The molecule has 0 aliphatic heterocycles. The molecule has 1 aliphatic carbocycles. The van der Waals surface area contributed by atoms with Gasteiger partial charge >= 0.3 is 0 Å². The Kier molecular flexibility index (Phi) is 10.00. The highest BCUT2D eigenvalue weighted by molar-refractivity contribution is 7.80. The maximum absolute atomic E-state index is 2.50. The highest BCUT2D eigenvalue weighted by Crippen LogP contribution is 2.45. The standard InChI is InChI=1S/C41H42P2/c1-32(30-35-18-15-16-29-41(35)43(38-24-11-5-12-25-38)39-26-13-6-14-27-39)40-28-17-19-34(40)31-33(2)42(36-20-7-3-8-21-36)37-22-9-4-10-23-37/h3-16,18,20-27,29,32-33H,17,19,28,30-31H2,1-2H3/t32-,33-/m0/s1. The summed E-state index contributed by atoms with van der Waals surface area (Å²) in [7, 11) is -1.02. The van der Waals surface area contributed by atoms with Crippen molar-refractivity contribution in [3.63, 3.8) is 0 Å². The van der Waals surface area contributed by atoms with E-state index in [1.165, 1.54) is 57.8 Å². The Hall–Kier alpha value is -3.30. The van der Waals surface area contributed by atoms with Crippen LogP contribution in [0.3, 0.4) is 0 Å². The van der Waals surface area contributed by atoms with Crippen LogP contribution in [0.5, 0.6) is 0 Å². The molecule has 0 amide bonds. The van der Waals surface area contributed by atoms with Crippen LogP contribution in [-0.4, -0.2) is 5.66 Å². The Balaban J connectivity index is 1.28. The van der Waals surface area contributed by atoms with E-state index in [1.54, 1.807) is 11.1 Å². The normalized spacial score (nSPS) is 14.8. The van der Waals surface area contributed by atoms with E-state index in [1.807, 2.05) is 0 Å². The summed E-state index contributed by atoms with van der Waals surface area (Å²) in [5.41, 5.74) is 5.59. The van der Waals surface area contributed by atoms with E-state index in [0.717, 1.165) is 6.42 Å². The SMILES string of the molecule is C[C@@H](Cc1ccccc1P(c1ccccc1)c1ccccc1)C1=C(C[C@H](C)P(c2ccccc2)c2ccccc2)CCC1. The van der Waals surface area contributed by atoms with E-state index in [4.69, 9.17) is 0 Å². The molecule has 6 rings (SSSR count). The van der Waals surface area contributed by atoms with Crippen molar-refractivity contribution in [3.05, 3.63) is 162 Å². The van der Waals surface area contributed by atoms with E-state index < -0.39 is 15.8 Å². The number of hydrogen-bond donors (Lipinski definition) is 0. The Bertz CT molecular complexity index is 1530. The monoisotopic (exact) mass is 596 g/mol. The van der Waals surface area contributed by atoms with Crippen LogP contribution in [0.15, 0.2) is 157 Å². The van der Waals surface area contributed by atoms with Gasteiger partial charge in [-0.05, 0) is 91.6 Å². The van der Waals surface area contributed by atoms with Gasteiger partial charge in [0.1, 0.15) is 0 Å². The summed E-state index contributed by atoms with van der Waals surface area (Å²) < 4.78 is 0. The third-order valence-electron chi connectivity index (χ3n) is 8.81. The lowest BCUT2D eigenvalue weighted by molar-refractivity contribution is 0.648. The van der Waals surface area contributed by atoms with Gasteiger partial charge < -0.3 is 0 Å². The average molecular weight is 597 g/mol. The van der Waals surface area contributed by atoms with Crippen molar-refractivity contribution in [2.24, 2.45) is 5.92 Å². The molecule has 1 aliphatic rings. The van der Waals surface area contributed by atoms with Gasteiger partial charge in [0.25, 0.3) is 0 Å². The summed E-state index contributed by atoms with van der Waals surface area (Å²) in [6.07, 6.45) is 6.13. The fourth-order valence-electron chi connectivity index (χ4n) is 6.88. The van der Waals surface area contributed by atoms with E-state index in [0.29, 0.717) is 11.6 Å². The van der Waals surface area contributed by atoms with Crippen LogP contribution in [0, 0.1) is 5.92 Å². The summed E-state index contributed by atoms with van der Waals surface area (Å²) in [5, 5.41) is 7.34. The topological polar surface area (TPSA) is 0 Å². The number of rotatable bonds is 11. The molecule has 0 unspecified atom stereocenters. The maximum Gasteiger partial charge on any atom is -0.0119 e. The quantitative estimate of drug-likeness (QED) is 0.105. The Morgan fingerprint density at radius 2 is 0.977 bits per heavy atom. The van der Waals surface area contributed by atoms with Gasteiger partial charge in [-0.15, -0.1) is 0 Å². The molecule has 0 spiro atoms. The van der Waals surface area contributed by atoms with Crippen LogP contribution in [0.2, 0.25) is 0 Å². The molecule has 2 atom stereocenters. The molecule has 0 nitrogen and oxygen atoms in total. The molecule has 5 aromatic rings. The summed E-state index contributed by atoms with van der Waals surface area (Å²) in [5.74, 6) is 0.550. The van der Waals surface area contributed by atoms with Crippen molar-refractivity contribution in [2.75, 3.05) is 0 Å². The molecule has 5 aromatic carbocycles. The van der Waals surface area contributed by atoms with Gasteiger partial charge in [0.2, 0.25) is 0 Å². The van der Waals surface area contributed by atoms with Crippen molar-refractivity contribution in [1.29, 1.82) is 0 Å². The minimum absolute atomic E-state index is 0.412. The van der Waals surface area contributed by atoms with E-state index in [2.05, 4.69) is 159 Å². The largest absolute Gasteiger partial charge is 0.0701 e. The molecular weight excluding hydrogens is 554 g/mol. The van der Waals surface area contributed by atoms with Gasteiger partial charge in [0.05, 0.1) is 0 Å². The average Bonchev–Trinajstić information content (AvgIpc) is 3.52. The first-order valence-corrected chi connectivity index (χ1v) is 18.5. The second kappa shape index (κ2) is 14.4. The van der Waals surface area contributed by atoms with Crippen LogP contribution < -0.4 is 26.5 Å². The van der Waals surface area contributed by atoms with Crippen LogP contribution in [-0.2, 0) is 6.42 Å². The van der Waals surface area contributed by atoms with Gasteiger partial charge in [-0.25, -0.2) is 0 Å². The van der Waals surface area contributed by atoms with Crippen molar-refractivity contribution >= 4 is 42.4 Å². The Morgan fingerprint density at radius 3 is 1.51 bits per heavy atom. The van der Waals surface area contributed by atoms with Gasteiger partial charge in [-0.3, -0.25) is 0 Å². The predicted octanol–water partition coefficient (Wildman–Crippen LogP) is 9.02. The lowest BCUT2D eigenvalue weighted by atomic mass is 9.90. The van der Waals surface area contributed by atoms with Crippen LogP contribution in [0.4, 0.5) is 0 Å². The number of benzene rings is 5. The number of hydrogen-bond acceptors (Lipinski definition) is 0. The highest BCUT2D eigenvalue weighted by Gasteiger charge is 2.27. The van der Waals surface area contributed by atoms with Crippen LogP contribution in [0.25, 0.3) is 0 Å². The highest BCUT2D eigenvalue weighted by atomic mass is 31.1. The molecule has 43 heavy (non-hydrogen) atoms. The zero-order valence-corrected chi connectivity index (χ0v) is 27.2.